The summed E-state index contributed by atoms with van der Waals surface area (Å²) in [6.07, 6.45) is 1.25. The summed E-state index contributed by atoms with van der Waals surface area (Å²) in [5, 5.41) is 3.43. The largest absolute Gasteiger partial charge is 0.314 e. The molecule has 0 saturated carbocycles. The summed E-state index contributed by atoms with van der Waals surface area (Å²) in [5.74, 6) is 0.745. The van der Waals surface area contributed by atoms with Gasteiger partial charge in [0.25, 0.3) is 0 Å². The predicted octanol–water partition coefficient (Wildman–Crippen LogP) is 2.68. The molecule has 0 aliphatic carbocycles. The van der Waals surface area contributed by atoms with E-state index in [2.05, 4.69) is 54.4 Å². The van der Waals surface area contributed by atoms with Crippen LogP contribution < -0.4 is 5.32 Å². The number of hydrogen-bond donors (Lipinski definition) is 1. The van der Waals surface area contributed by atoms with Gasteiger partial charge in [-0.3, -0.25) is 4.90 Å². The second kappa shape index (κ2) is 6.18. The van der Waals surface area contributed by atoms with Gasteiger partial charge in [0, 0.05) is 32.2 Å². The number of piperazine rings is 1. The summed E-state index contributed by atoms with van der Waals surface area (Å²) in [6.45, 7) is 9.23. The maximum atomic E-state index is 3.43. The zero-order valence-corrected chi connectivity index (χ0v) is 11.0. The fourth-order valence-electron chi connectivity index (χ4n) is 2.61. The Hall–Kier alpha value is -0.860. The van der Waals surface area contributed by atoms with Gasteiger partial charge in [-0.05, 0) is 17.9 Å². The van der Waals surface area contributed by atoms with Crippen molar-refractivity contribution in [2.75, 3.05) is 26.2 Å². The van der Waals surface area contributed by atoms with Gasteiger partial charge in [0.05, 0.1) is 0 Å². The molecule has 0 amide bonds. The van der Waals surface area contributed by atoms with E-state index >= 15 is 0 Å². The third kappa shape index (κ3) is 3.55. The van der Waals surface area contributed by atoms with E-state index in [1.165, 1.54) is 25.1 Å². The molecule has 0 radical (unpaired) electrons. The third-order valence-electron chi connectivity index (χ3n) is 3.47. The highest BCUT2D eigenvalue weighted by molar-refractivity contribution is 5.19. The molecular weight excluding hydrogens is 208 g/mol. The van der Waals surface area contributed by atoms with Crippen molar-refractivity contribution in [3.63, 3.8) is 0 Å². The fraction of sp³-hybridized carbons (Fsp3) is 0.600. The topological polar surface area (TPSA) is 15.3 Å². The van der Waals surface area contributed by atoms with Crippen molar-refractivity contribution in [3.05, 3.63) is 35.9 Å². The average molecular weight is 232 g/mol. The first kappa shape index (κ1) is 12.6. The van der Waals surface area contributed by atoms with E-state index in [-0.39, 0.29) is 0 Å². The second-order valence-electron chi connectivity index (χ2n) is 5.34. The second-order valence-corrected chi connectivity index (χ2v) is 5.34. The molecule has 0 unspecified atom stereocenters. The zero-order valence-electron chi connectivity index (χ0n) is 11.0. The highest BCUT2D eigenvalue weighted by atomic mass is 15.2. The van der Waals surface area contributed by atoms with Gasteiger partial charge >= 0.3 is 0 Å². The van der Waals surface area contributed by atoms with Crippen molar-refractivity contribution in [2.45, 2.75) is 26.3 Å². The predicted molar refractivity (Wildman–Crippen MR) is 73.1 cm³/mol. The molecule has 0 aromatic heterocycles. The fourth-order valence-corrected chi connectivity index (χ4v) is 2.61. The van der Waals surface area contributed by atoms with Gasteiger partial charge in [-0.2, -0.15) is 0 Å². The molecule has 2 rings (SSSR count). The molecule has 1 aromatic carbocycles. The van der Waals surface area contributed by atoms with Crippen LogP contribution in [-0.4, -0.2) is 31.1 Å². The molecule has 1 heterocycles. The minimum absolute atomic E-state index is 0.596. The van der Waals surface area contributed by atoms with Gasteiger partial charge < -0.3 is 5.32 Å². The van der Waals surface area contributed by atoms with Crippen LogP contribution in [0.1, 0.15) is 31.9 Å². The Balaban J connectivity index is 2.12. The van der Waals surface area contributed by atoms with Crippen molar-refractivity contribution >= 4 is 0 Å². The lowest BCUT2D eigenvalue weighted by molar-refractivity contribution is 0.154. The molecule has 17 heavy (non-hydrogen) atoms. The lowest BCUT2D eigenvalue weighted by Crippen LogP contribution is -2.45. The maximum absolute atomic E-state index is 3.43. The van der Waals surface area contributed by atoms with Crippen LogP contribution in [-0.2, 0) is 0 Å². The molecule has 2 heteroatoms. The van der Waals surface area contributed by atoms with E-state index in [1.54, 1.807) is 0 Å². The van der Waals surface area contributed by atoms with Crippen LogP contribution in [0.3, 0.4) is 0 Å². The van der Waals surface area contributed by atoms with Crippen LogP contribution in [0.5, 0.6) is 0 Å². The van der Waals surface area contributed by atoms with Crippen molar-refractivity contribution in [1.82, 2.24) is 10.2 Å². The quantitative estimate of drug-likeness (QED) is 0.858. The van der Waals surface area contributed by atoms with E-state index < -0.39 is 0 Å². The smallest absolute Gasteiger partial charge is 0.0351 e. The number of hydrogen-bond acceptors (Lipinski definition) is 2. The molecule has 1 aliphatic rings. The van der Waals surface area contributed by atoms with E-state index in [9.17, 15) is 0 Å². The summed E-state index contributed by atoms with van der Waals surface area (Å²) < 4.78 is 0. The minimum atomic E-state index is 0.596. The summed E-state index contributed by atoms with van der Waals surface area (Å²) in [6, 6.07) is 11.6. The maximum Gasteiger partial charge on any atom is 0.0351 e. The van der Waals surface area contributed by atoms with Gasteiger partial charge in [0.1, 0.15) is 0 Å². The molecule has 1 fully saturated rings. The molecule has 0 spiro atoms. The van der Waals surface area contributed by atoms with Gasteiger partial charge in [-0.15, -0.1) is 0 Å². The number of nitrogens with one attached hydrogen (secondary N) is 1. The Morgan fingerprint density at radius 1 is 1.12 bits per heavy atom. The van der Waals surface area contributed by atoms with E-state index in [0.717, 1.165) is 19.0 Å². The Labute approximate surface area is 105 Å². The Bertz CT molecular complexity index is 315. The number of benzene rings is 1. The molecule has 94 valence electrons. The lowest BCUT2D eigenvalue weighted by atomic mass is 9.95. The molecule has 1 saturated heterocycles. The standard InChI is InChI=1S/C15H24N2/c1-13(2)12-15(14-6-4-3-5-7-14)17-10-8-16-9-11-17/h3-7,13,15-16H,8-12H2,1-2H3/t15-/m1/s1. The van der Waals surface area contributed by atoms with Gasteiger partial charge in [0.15, 0.2) is 0 Å². The monoisotopic (exact) mass is 232 g/mol. The first-order valence-electron chi connectivity index (χ1n) is 6.77. The lowest BCUT2D eigenvalue weighted by Gasteiger charge is -2.36. The van der Waals surface area contributed by atoms with Crippen molar-refractivity contribution in [1.29, 1.82) is 0 Å². The van der Waals surface area contributed by atoms with Gasteiger partial charge in [-0.25, -0.2) is 0 Å². The SMILES string of the molecule is CC(C)C[C@H](c1ccccc1)N1CCNCC1. The number of rotatable bonds is 4. The first-order valence-corrected chi connectivity index (χ1v) is 6.77. The summed E-state index contributed by atoms with van der Waals surface area (Å²) in [4.78, 5) is 2.63. The van der Waals surface area contributed by atoms with E-state index in [4.69, 9.17) is 0 Å². The Morgan fingerprint density at radius 2 is 1.76 bits per heavy atom. The van der Waals surface area contributed by atoms with Crippen molar-refractivity contribution in [3.8, 4) is 0 Å². The number of nitrogens with zero attached hydrogens (tertiary/aromatic N) is 1. The first-order chi connectivity index (χ1) is 8.27. The summed E-state index contributed by atoms with van der Waals surface area (Å²) in [5.41, 5.74) is 1.48. The molecule has 1 aliphatic heterocycles. The summed E-state index contributed by atoms with van der Waals surface area (Å²) in [7, 11) is 0. The van der Waals surface area contributed by atoms with E-state index in [1.807, 2.05) is 0 Å². The van der Waals surface area contributed by atoms with Gasteiger partial charge in [0.2, 0.25) is 0 Å². The van der Waals surface area contributed by atoms with Crippen LogP contribution >= 0.6 is 0 Å². The Kier molecular flexibility index (Phi) is 4.57. The van der Waals surface area contributed by atoms with Crippen LogP contribution in [0.25, 0.3) is 0 Å². The van der Waals surface area contributed by atoms with Crippen LogP contribution in [0.4, 0.5) is 0 Å². The molecule has 1 aromatic rings. The minimum Gasteiger partial charge on any atom is -0.314 e. The van der Waals surface area contributed by atoms with Crippen molar-refractivity contribution < 1.29 is 0 Å². The molecule has 1 atom stereocenters. The third-order valence-corrected chi connectivity index (χ3v) is 3.47. The highest BCUT2D eigenvalue weighted by Crippen LogP contribution is 2.27. The highest BCUT2D eigenvalue weighted by Gasteiger charge is 2.22. The molecule has 2 nitrogen and oxygen atoms in total. The average Bonchev–Trinajstić information content (AvgIpc) is 2.38. The molecule has 1 N–H and O–H groups in total. The summed E-state index contributed by atoms with van der Waals surface area (Å²) >= 11 is 0. The van der Waals surface area contributed by atoms with Crippen molar-refractivity contribution in [2.24, 2.45) is 5.92 Å². The Morgan fingerprint density at radius 3 is 2.35 bits per heavy atom. The molecule has 0 bridgehead atoms. The van der Waals surface area contributed by atoms with Crippen LogP contribution in [0.15, 0.2) is 30.3 Å². The zero-order chi connectivity index (χ0) is 12.1. The molecular formula is C15H24N2. The van der Waals surface area contributed by atoms with E-state index in [0.29, 0.717) is 6.04 Å². The van der Waals surface area contributed by atoms with Crippen LogP contribution in [0, 0.1) is 5.92 Å². The van der Waals surface area contributed by atoms with Crippen LogP contribution in [0.2, 0.25) is 0 Å². The van der Waals surface area contributed by atoms with Gasteiger partial charge in [-0.1, -0.05) is 44.2 Å². The normalized spacial score (nSPS) is 19.5.